The van der Waals surface area contributed by atoms with Crippen molar-refractivity contribution in [2.75, 3.05) is 0 Å². The van der Waals surface area contributed by atoms with Gasteiger partial charge in [0.05, 0.1) is 0 Å². The molecule has 0 unspecified atom stereocenters. The van der Waals surface area contributed by atoms with Crippen LogP contribution in [0.3, 0.4) is 0 Å². The van der Waals surface area contributed by atoms with E-state index in [2.05, 4.69) is 10.3 Å². The van der Waals surface area contributed by atoms with E-state index in [1.54, 1.807) is 36.4 Å². The van der Waals surface area contributed by atoms with E-state index in [0.717, 1.165) is 5.56 Å². The number of carbonyl (C=O) groups is 2. The van der Waals surface area contributed by atoms with Gasteiger partial charge in [-0.3, -0.25) is 9.59 Å². The quantitative estimate of drug-likeness (QED) is 0.682. The topological polar surface area (TPSA) is 94.3 Å². The van der Waals surface area contributed by atoms with E-state index in [-0.39, 0.29) is 23.9 Å². The highest BCUT2D eigenvalue weighted by atomic mass is 35.5. The first-order chi connectivity index (χ1) is 13.0. The SMILES string of the molecule is NC(=O)c1cccc(Oc2ncccc2C(=O)NCc2ccccc2Cl)c1. The van der Waals surface area contributed by atoms with Gasteiger partial charge in [0.25, 0.3) is 5.91 Å². The Kier molecular flexibility index (Phi) is 5.68. The minimum Gasteiger partial charge on any atom is -0.438 e. The lowest BCUT2D eigenvalue weighted by molar-refractivity contribution is 0.0946. The fraction of sp³-hybridized carbons (Fsp3) is 0.0500. The van der Waals surface area contributed by atoms with Crippen LogP contribution in [0.2, 0.25) is 5.02 Å². The van der Waals surface area contributed by atoms with Crippen molar-refractivity contribution >= 4 is 23.4 Å². The zero-order valence-electron chi connectivity index (χ0n) is 14.2. The molecule has 0 saturated carbocycles. The molecule has 27 heavy (non-hydrogen) atoms. The van der Waals surface area contributed by atoms with Crippen molar-refractivity contribution in [3.05, 3.63) is 88.6 Å². The number of nitrogens with zero attached hydrogens (tertiary/aromatic N) is 1. The first-order valence-electron chi connectivity index (χ1n) is 8.09. The molecule has 2 aromatic carbocycles. The number of hydrogen-bond donors (Lipinski definition) is 2. The van der Waals surface area contributed by atoms with Gasteiger partial charge in [-0.1, -0.05) is 35.9 Å². The number of hydrogen-bond acceptors (Lipinski definition) is 4. The number of primary amides is 1. The minimum absolute atomic E-state index is 0.121. The highest BCUT2D eigenvalue weighted by Gasteiger charge is 2.15. The molecular weight excluding hydrogens is 366 g/mol. The van der Waals surface area contributed by atoms with Crippen molar-refractivity contribution in [2.45, 2.75) is 6.54 Å². The lowest BCUT2D eigenvalue weighted by Gasteiger charge is -2.11. The fourth-order valence-corrected chi connectivity index (χ4v) is 2.58. The summed E-state index contributed by atoms with van der Waals surface area (Å²) in [7, 11) is 0. The second-order valence-electron chi connectivity index (χ2n) is 5.62. The van der Waals surface area contributed by atoms with Gasteiger partial charge in [-0.25, -0.2) is 4.98 Å². The maximum atomic E-state index is 12.6. The lowest BCUT2D eigenvalue weighted by atomic mass is 10.2. The molecular formula is C20H16ClN3O3. The predicted molar refractivity (Wildman–Crippen MR) is 102 cm³/mol. The number of aromatic nitrogens is 1. The molecule has 0 saturated heterocycles. The zero-order valence-corrected chi connectivity index (χ0v) is 14.9. The highest BCUT2D eigenvalue weighted by molar-refractivity contribution is 6.31. The van der Waals surface area contributed by atoms with Gasteiger partial charge in [-0.15, -0.1) is 0 Å². The number of nitrogens with one attached hydrogen (secondary N) is 1. The molecule has 0 spiro atoms. The highest BCUT2D eigenvalue weighted by Crippen LogP contribution is 2.24. The van der Waals surface area contributed by atoms with Crippen LogP contribution in [0.15, 0.2) is 66.9 Å². The summed E-state index contributed by atoms with van der Waals surface area (Å²) in [5.41, 5.74) is 6.63. The normalized spacial score (nSPS) is 10.3. The molecule has 3 N–H and O–H groups in total. The third kappa shape index (κ3) is 4.62. The Hall–Kier alpha value is -3.38. The van der Waals surface area contributed by atoms with E-state index in [1.807, 2.05) is 18.2 Å². The molecule has 7 heteroatoms. The molecule has 2 amide bonds. The zero-order chi connectivity index (χ0) is 19.2. The number of nitrogens with two attached hydrogens (primary N) is 1. The van der Waals surface area contributed by atoms with Gasteiger partial charge in [0.1, 0.15) is 11.3 Å². The predicted octanol–water partition coefficient (Wildman–Crippen LogP) is 3.56. The Morgan fingerprint density at radius 3 is 2.67 bits per heavy atom. The number of amides is 2. The van der Waals surface area contributed by atoms with Crippen LogP contribution in [0.4, 0.5) is 0 Å². The molecule has 0 aliphatic rings. The van der Waals surface area contributed by atoms with Crippen LogP contribution in [-0.2, 0) is 6.54 Å². The molecule has 0 radical (unpaired) electrons. The summed E-state index contributed by atoms with van der Waals surface area (Å²) in [6, 6.07) is 16.8. The van der Waals surface area contributed by atoms with E-state index < -0.39 is 5.91 Å². The van der Waals surface area contributed by atoms with Gasteiger partial charge in [0.2, 0.25) is 11.8 Å². The van der Waals surface area contributed by atoms with Gasteiger partial charge < -0.3 is 15.8 Å². The van der Waals surface area contributed by atoms with Gasteiger partial charge in [-0.2, -0.15) is 0 Å². The van der Waals surface area contributed by atoms with Crippen molar-refractivity contribution in [3.63, 3.8) is 0 Å². The number of benzene rings is 2. The average molecular weight is 382 g/mol. The third-order valence-electron chi connectivity index (χ3n) is 3.75. The standard InChI is InChI=1S/C20H16ClN3O3/c21-17-9-2-1-5-14(17)12-24-19(26)16-8-4-10-23-20(16)27-15-7-3-6-13(11-15)18(22)25/h1-11H,12H2,(H2,22,25)(H,24,26). The maximum absolute atomic E-state index is 12.6. The Balaban J connectivity index is 1.77. The van der Waals surface area contributed by atoms with Crippen molar-refractivity contribution < 1.29 is 14.3 Å². The van der Waals surface area contributed by atoms with E-state index in [0.29, 0.717) is 16.3 Å². The molecule has 0 fully saturated rings. The van der Waals surface area contributed by atoms with Gasteiger partial charge in [-0.05, 0) is 42.0 Å². The first-order valence-corrected chi connectivity index (χ1v) is 8.47. The van der Waals surface area contributed by atoms with Gasteiger partial charge in [0.15, 0.2) is 0 Å². The summed E-state index contributed by atoms with van der Waals surface area (Å²) in [6.07, 6.45) is 1.51. The van der Waals surface area contributed by atoms with Crippen LogP contribution in [0.25, 0.3) is 0 Å². The van der Waals surface area contributed by atoms with E-state index in [1.165, 1.54) is 12.3 Å². The summed E-state index contributed by atoms with van der Waals surface area (Å²) in [4.78, 5) is 28.0. The Morgan fingerprint density at radius 1 is 1.07 bits per heavy atom. The second-order valence-corrected chi connectivity index (χ2v) is 6.03. The van der Waals surface area contributed by atoms with Crippen LogP contribution >= 0.6 is 11.6 Å². The molecule has 0 bridgehead atoms. The van der Waals surface area contributed by atoms with Crippen LogP contribution < -0.4 is 15.8 Å². The van der Waals surface area contributed by atoms with Crippen LogP contribution in [0, 0.1) is 0 Å². The average Bonchev–Trinajstić information content (AvgIpc) is 2.68. The summed E-state index contributed by atoms with van der Waals surface area (Å²) in [5.74, 6) is -0.454. The molecule has 3 aromatic rings. The molecule has 1 heterocycles. The number of ether oxygens (including phenoxy) is 1. The van der Waals surface area contributed by atoms with Crippen molar-refractivity contribution in [1.29, 1.82) is 0 Å². The summed E-state index contributed by atoms with van der Waals surface area (Å²) in [5, 5.41) is 3.37. The van der Waals surface area contributed by atoms with E-state index in [9.17, 15) is 9.59 Å². The van der Waals surface area contributed by atoms with E-state index in [4.69, 9.17) is 22.1 Å². The molecule has 0 atom stereocenters. The van der Waals surface area contributed by atoms with Gasteiger partial charge in [0, 0.05) is 23.3 Å². The number of pyridine rings is 1. The lowest BCUT2D eigenvalue weighted by Crippen LogP contribution is -2.23. The van der Waals surface area contributed by atoms with Crippen molar-refractivity contribution in [2.24, 2.45) is 5.73 Å². The van der Waals surface area contributed by atoms with E-state index >= 15 is 0 Å². The van der Waals surface area contributed by atoms with Crippen LogP contribution in [-0.4, -0.2) is 16.8 Å². The Bertz CT molecular complexity index is 991. The summed E-state index contributed by atoms with van der Waals surface area (Å²) in [6.45, 7) is 0.268. The first kappa shape index (κ1) is 18.4. The fourth-order valence-electron chi connectivity index (χ4n) is 2.38. The third-order valence-corrected chi connectivity index (χ3v) is 4.11. The second kappa shape index (κ2) is 8.33. The van der Waals surface area contributed by atoms with Crippen LogP contribution in [0.1, 0.15) is 26.3 Å². The summed E-state index contributed by atoms with van der Waals surface area (Å²) >= 11 is 6.11. The van der Waals surface area contributed by atoms with Crippen molar-refractivity contribution in [1.82, 2.24) is 10.3 Å². The van der Waals surface area contributed by atoms with Gasteiger partial charge >= 0.3 is 0 Å². The number of rotatable bonds is 6. The Morgan fingerprint density at radius 2 is 1.89 bits per heavy atom. The smallest absolute Gasteiger partial charge is 0.257 e. The molecule has 0 aliphatic heterocycles. The monoisotopic (exact) mass is 381 g/mol. The summed E-state index contributed by atoms with van der Waals surface area (Å²) < 4.78 is 5.69. The molecule has 1 aromatic heterocycles. The molecule has 136 valence electrons. The molecule has 3 rings (SSSR count). The number of halogens is 1. The maximum Gasteiger partial charge on any atom is 0.257 e. The molecule has 0 aliphatic carbocycles. The largest absolute Gasteiger partial charge is 0.438 e. The van der Waals surface area contributed by atoms with Crippen molar-refractivity contribution in [3.8, 4) is 11.6 Å². The minimum atomic E-state index is -0.570. The molecule has 6 nitrogen and oxygen atoms in total. The van der Waals surface area contributed by atoms with Crippen LogP contribution in [0.5, 0.6) is 11.6 Å². The number of carbonyl (C=O) groups excluding carboxylic acids is 2. The Labute approximate surface area is 160 Å².